The van der Waals surface area contributed by atoms with Gasteiger partial charge in [0.2, 0.25) is 0 Å². The van der Waals surface area contributed by atoms with Crippen molar-refractivity contribution in [2.45, 2.75) is 25.5 Å². The van der Waals surface area contributed by atoms with Gasteiger partial charge in [0.25, 0.3) is 0 Å². The van der Waals surface area contributed by atoms with Gasteiger partial charge in [-0.05, 0) is 17.4 Å². The van der Waals surface area contributed by atoms with Crippen LogP contribution in [0.25, 0.3) is 0 Å². The minimum atomic E-state index is 0.800. The van der Waals surface area contributed by atoms with Crippen LogP contribution in [-0.4, -0.2) is 16.3 Å². The summed E-state index contributed by atoms with van der Waals surface area (Å²) in [5.74, 6) is 1.29. The smallest absolute Gasteiger partial charge is 0.00391 e. The summed E-state index contributed by atoms with van der Waals surface area (Å²) >= 11 is 5.41. The van der Waals surface area contributed by atoms with Crippen LogP contribution in [0.15, 0.2) is 0 Å². The minimum absolute atomic E-state index is 0.800. The van der Waals surface area contributed by atoms with E-state index in [4.69, 9.17) is 0 Å². The molecule has 0 rings (SSSR count). The van der Waals surface area contributed by atoms with Gasteiger partial charge in [0.15, 0.2) is 0 Å². The zero-order valence-corrected chi connectivity index (χ0v) is 7.89. The summed E-state index contributed by atoms with van der Waals surface area (Å²) in [4.78, 5) is 0. The topological polar surface area (TPSA) is 0 Å². The van der Waals surface area contributed by atoms with Crippen molar-refractivity contribution in [1.82, 2.24) is 0 Å². The van der Waals surface area contributed by atoms with Crippen molar-refractivity contribution in [2.24, 2.45) is 0 Å². The monoisotopic (exact) mass is 196 g/mol. The lowest BCUT2D eigenvalue weighted by Crippen LogP contribution is -1.89. The van der Waals surface area contributed by atoms with Gasteiger partial charge in [0, 0.05) is 5.33 Å². The van der Waals surface area contributed by atoms with E-state index in [1.807, 2.05) is 11.8 Å². The number of hydrogen-bond acceptors (Lipinski definition) is 1. The second-order valence-electron chi connectivity index (χ2n) is 1.96. The number of alkyl halides is 1. The summed E-state index contributed by atoms with van der Waals surface area (Å²) in [6, 6.07) is 0. The van der Waals surface area contributed by atoms with Crippen molar-refractivity contribution in [3.05, 3.63) is 0 Å². The molecular formula is C6H13BrS. The Labute approximate surface area is 64.6 Å². The zero-order chi connectivity index (χ0) is 6.41. The summed E-state index contributed by atoms with van der Waals surface area (Å²) in [5, 5.41) is 1.95. The highest BCUT2D eigenvalue weighted by Gasteiger charge is 1.90. The first kappa shape index (κ1) is 8.83. The molecule has 0 aliphatic rings. The minimum Gasteiger partial charge on any atom is -0.159 e. The van der Waals surface area contributed by atoms with E-state index in [2.05, 4.69) is 29.8 Å². The van der Waals surface area contributed by atoms with Crippen LogP contribution in [0.1, 0.15) is 20.3 Å². The molecule has 0 amide bonds. The lowest BCUT2D eigenvalue weighted by molar-refractivity contribution is 1.08. The van der Waals surface area contributed by atoms with E-state index < -0.39 is 0 Å². The van der Waals surface area contributed by atoms with Crippen LogP contribution in [0.4, 0.5) is 0 Å². The van der Waals surface area contributed by atoms with E-state index in [1.54, 1.807) is 0 Å². The molecule has 0 aromatic rings. The SMILES string of the molecule is CC(C)SCCCBr. The zero-order valence-electron chi connectivity index (χ0n) is 5.48. The molecule has 0 aromatic carbocycles. The summed E-state index contributed by atoms with van der Waals surface area (Å²) < 4.78 is 0. The molecule has 0 aliphatic heterocycles. The molecule has 0 saturated carbocycles. The van der Waals surface area contributed by atoms with E-state index in [-0.39, 0.29) is 0 Å². The lowest BCUT2D eigenvalue weighted by Gasteiger charge is -2.00. The molecule has 0 heterocycles. The van der Waals surface area contributed by atoms with Gasteiger partial charge < -0.3 is 0 Å². The first-order valence-electron chi connectivity index (χ1n) is 2.95. The molecule has 8 heavy (non-hydrogen) atoms. The predicted octanol–water partition coefficient (Wildman–Crippen LogP) is 2.91. The molecule has 0 saturated heterocycles. The first-order chi connectivity index (χ1) is 3.77. The normalized spacial score (nSPS) is 10.5. The van der Waals surface area contributed by atoms with Crippen molar-refractivity contribution < 1.29 is 0 Å². The third-order valence-electron chi connectivity index (χ3n) is 0.729. The van der Waals surface area contributed by atoms with Gasteiger partial charge >= 0.3 is 0 Å². The second kappa shape index (κ2) is 5.96. The number of hydrogen-bond donors (Lipinski definition) is 0. The van der Waals surface area contributed by atoms with E-state index in [0.717, 1.165) is 10.6 Å². The van der Waals surface area contributed by atoms with Gasteiger partial charge in [0.05, 0.1) is 0 Å². The highest BCUT2D eigenvalue weighted by molar-refractivity contribution is 9.09. The average molecular weight is 197 g/mol. The summed E-state index contributed by atoms with van der Waals surface area (Å²) in [6.07, 6.45) is 1.29. The van der Waals surface area contributed by atoms with Crippen molar-refractivity contribution in [2.75, 3.05) is 11.1 Å². The van der Waals surface area contributed by atoms with Gasteiger partial charge in [0.1, 0.15) is 0 Å². The van der Waals surface area contributed by atoms with Crippen LogP contribution < -0.4 is 0 Å². The predicted molar refractivity (Wildman–Crippen MR) is 46.0 cm³/mol. The molecule has 2 heteroatoms. The molecule has 0 N–H and O–H groups in total. The van der Waals surface area contributed by atoms with Crippen LogP contribution in [-0.2, 0) is 0 Å². The summed E-state index contributed by atoms with van der Waals surface area (Å²) in [5.41, 5.74) is 0. The molecule has 0 atom stereocenters. The van der Waals surface area contributed by atoms with Gasteiger partial charge in [-0.3, -0.25) is 0 Å². The van der Waals surface area contributed by atoms with Gasteiger partial charge in [-0.15, -0.1) is 0 Å². The van der Waals surface area contributed by atoms with Gasteiger partial charge in [-0.25, -0.2) is 0 Å². The third kappa shape index (κ3) is 6.83. The molecule has 0 radical (unpaired) electrons. The quantitative estimate of drug-likeness (QED) is 0.493. The fourth-order valence-corrected chi connectivity index (χ4v) is 1.81. The Bertz CT molecular complexity index is 45.8. The van der Waals surface area contributed by atoms with E-state index in [1.165, 1.54) is 12.2 Å². The first-order valence-corrected chi connectivity index (χ1v) is 5.12. The molecule has 0 aromatic heterocycles. The fraction of sp³-hybridized carbons (Fsp3) is 1.00. The summed E-state index contributed by atoms with van der Waals surface area (Å²) in [7, 11) is 0. The summed E-state index contributed by atoms with van der Waals surface area (Å²) in [6.45, 7) is 4.47. The van der Waals surface area contributed by atoms with E-state index in [9.17, 15) is 0 Å². The maximum absolute atomic E-state index is 3.39. The maximum Gasteiger partial charge on any atom is 0.00391 e. The van der Waals surface area contributed by atoms with Crippen molar-refractivity contribution in [3.8, 4) is 0 Å². The molecule has 0 unspecified atom stereocenters. The number of rotatable bonds is 4. The molecule has 0 aliphatic carbocycles. The third-order valence-corrected chi connectivity index (χ3v) is 2.48. The lowest BCUT2D eigenvalue weighted by atomic mass is 10.6. The molecule has 50 valence electrons. The Morgan fingerprint density at radius 2 is 2.12 bits per heavy atom. The molecule has 0 nitrogen and oxygen atoms in total. The largest absolute Gasteiger partial charge is 0.159 e. The van der Waals surface area contributed by atoms with Crippen LogP contribution in [0.3, 0.4) is 0 Å². The van der Waals surface area contributed by atoms with E-state index in [0.29, 0.717) is 0 Å². The Kier molecular flexibility index (Phi) is 6.58. The number of halogens is 1. The van der Waals surface area contributed by atoms with Crippen molar-refractivity contribution >= 4 is 27.7 Å². The standard InChI is InChI=1S/C6H13BrS/c1-6(2)8-5-3-4-7/h6H,3-5H2,1-2H3. The number of thioether (sulfide) groups is 1. The van der Waals surface area contributed by atoms with Gasteiger partial charge in [-0.1, -0.05) is 29.8 Å². The van der Waals surface area contributed by atoms with Crippen LogP contribution >= 0.6 is 27.7 Å². The van der Waals surface area contributed by atoms with Gasteiger partial charge in [-0.2, -0.15) is 11.8 Å². The van der Waals surface area contributed by atoms with Crippen LogP contribution in [0.5, 0.6) is 0 Å². The molecule has 0 bridgehead atoms. The second-order valence-corrected chi connectivity index (χ2v) is 4.44. The molecular weight excluding hydrogens is 184 g/mol. The Morgan fingerprint density at radius 3 is 2.50 bits per heavy atom. The molecule has 0 fully saturated rings. The molecule has 0 spiro atoms. The van der Waals surface area contributed by atoms with Crippen molar-refractivity contribution in [3.63, 3.8) is 0 Å². The Morgan fingerprint density at radius 1 is 1.50 bits per heavy atom. The maximum atomic E-state index is 3.39. The van der Waals surface area contributed by atoms with Crippen LogP contribution in [0, 0.1) is 0 Å². The Hall–Kier alpha value is 0.830. The average Bonchev–Trinajstić information content (AvgIpc) is 1.66. The highest BCUT2D eigenvalue weighted by Crippen LogP contribution is 2.10. The van der Waals surface area contributed by atoms with Crippen molar-refractivity contribution in [1.29, 1.82) is 0 Å². The van der Waals surface area contributed by atoms with E-state index >= 15 is 0 Å². The fourth-order valence-electron chi connectivity index (χ4n) is 0.374. The highest BCUT2D eigenvalue weighted by atomic mass is 79.9. The van der Waals surface area contributed by atoms with Crippen LogP contribution in [0.2, 0.25) is 0 Å². The Balaban J connectivity index is 2.72.